The van der Waals surface area contributed by atoms with Crippen LogP contribution in [0.15, 0.2) is 11.6 Å². The Kier molecular flexibility index (Phi) is 7.15. The van der Waals surface area contributed by atoms with E-state index in [1.165, 1.54) is 5.57 Å². The van der Waals surface area contributed by atoms with Crippen LogP contribution >= 0.6 is 0 Å². The summed E-state index contributed by atoms with van der Waals surface area (Å²) in [7, 11) is -1.68. The third kappa shape index (κ3) is 7.02. The van der Waals surface area contributed by atoms with Gasteiger partial charge in [0.05, 0.1) is 18.3 Å². The van der Waals surface area contributed by atoms with Crippen molar-refractivity contribution in [3.63, 3.8) is 0 Å². The molecule has 3 nitrogen and oxygen atoms in total. The van der Waals surface area contributed by atoms with Crippen molar-refractivity contribution in [2.45, 2.75) is 84.2 Å². The Morgan fingerprint density at radius 3 is 2.10 bits per heavy atom. The molecule has 0 aromatic carbocycles. The second-order valence-electron chi connectivity index (χ2n) is 7.83. The minimum atomic E-state index is -1.68. The molecule has 2 N–H and O–H groups in total. The van der Waals surface area contributed by atoms with Crippen molar-refractivity contribution in [1.29, 1.82) is 0 Å². The average molecular weight is 303 g/mol. The highest BCUT2D eigenvalue weighted by atomic mass is 28.4. The summed E-state index contributed by atoms with van der Waals surface area (Å²) in [4.78, 5) is 0. The Morgan fingerprint density at radius 1 is 1.20 bits per heavy atom. The van der Waals surface area contributed by atoms with Crippen LogP contribution in [0, 0.1) is 0 Å². The molecule has 0 spiro atoms. The van der Waals surface area contributed by atoms with Gasteiger partial charge >= 0.3 is 0 Å². The topological polar surface area (TPSA) is 49.7 Å². The van der Waals surface area contributed by atoms with E-state index in [9.17, 15) is 10.2 Å². The maximum atomic E-state index is 9.79. The Hall–Kier alpha value is -0.163. The van der Waals surface area contributed by atoms with Gasteiger partial charge in [0.25, 0.3) is 0 Å². The molecule has 20 heavy (non-hydrogen) atoms. The van der Waals surface area contributed by atoms with Gasteiger partial charge in [0.1, 0.15) is 0 Å². The SMILES string of the molecule is C/C(=C\CO[Si](C)(C)C(C)(C)C)CCC(O)C(C)(C)O. The Labute approximate surface area is 126 Å². The highest BCUT2D eigenvalue weighted by Crippen LogP contribution is 2.36. The molecule has 0 aromatic heterocycles. The van der Waals surface area contributed by atoms with E-state index >= 15 is 0 Å². The molecular formula is C16H34O3Si. The maximum absolute atomic E-state index is 9.79. The third-order valence-corrected chi connectivity index (χ3v) is 8.81. The van der Waals surface area contributed by atoms with Crippen LogP contribution in [-0.4, -0.2) is 36.8 Å². The second kappa shape index (κ2) is 7.21. The number of aliphatic hydroxyl groups excluding tert-OH is 1. The molecule has 0 saturated heterocycles. The van der Waals surface area contributed by atoms with Gasteiger partial charge in [0, 0.05) is 0 Å². The number of hydrogen-bond donors (Lipinski definition) is 2. The summed E-state index contributed by atoms with van der Waals surface area (Å²) < 4.78 is 6.09. The molecule has 0 bridgehead atoms. The number of rotatable bonds is 7. The highest BCUT2D eigenvalue weighted by Gasteiger charge is 2.36. The Balaban J connectivity index is 4.23. The lowest BCUT2D eigenvalue weighted by Crippen LogP contribution is -2.40. The third-order valence-electron chi connectivity index (χ3n) is 4.31. The van der Waals surface area contributed by atoms with Crippen molar-refractivity contribution in [2.24, 2.45) is 0 Å². The van der Waals surface area contributed by atoms with Gasteiger partial charge in [-0.3, -0.25) is 0 Å². The zero-order valence-electron chi connectivity index (χ0n) is 14.6. The van der Waals surface area contributed by atoms with E-state index in [1.54, 1.807) is 13.8 Å². The van der Waals surface area contributed by atoms with Gasteiger partial charge in [0.15, 0.2) is 8.32 Å². The summed E-state index contributed by atoms with van der Waals surface area (Å²) in [6.45, 7) is 17.1. The fraction of sp³-hybridized carbons (Fsp3) is 0.875. The summed E-state index contributed by atoms with van der Waals surface area (Å²) in [5.41, 5.74) is 0.171. The lowest BCUT2D eigenvalue weighted by molar-refractivity contribution is -0.0509. The van der Waals surface area contributed by atoms with Gasteiger partial charge in [-0.25, -0.2) is 0 Å². The van der Waals surface area contributed by atoms with Crippen molar-refractivity contribution in [3.8, 4) is 0 Å². The van der Waals surface area contributed by atoms with Crippen LogP contribution < -0.4 is 0 Å². The smallest absolute Gasteiger partial charge is 0.192 e. The predicted molar refractivity (Wildman–Crippen MR) is 88.4 cm³/mol. The normalized spacial score (nSPS) is 16.4. The van der Waals surface area contributed by atoms with E-state index in [-0.39, 0.29) is 5.04 Å². The van der Waals surface area contributed by atoms with E-state index in [4.69, 9.17) is 4.43 Å². The molecule has 1 unspecified atom stereocenters. The molecule has 0 radical (unpaired) electrons. The van der Waals surface area contributed by atoms with Crippen LogP contribution in [0.2, 0.25) is 18.1 Å². The summed E-state index contributed by atoms with van der Waals surface area (Å²) in [5, 5.41) is 19.7. The van der Waals surface area contributed by atoms with Gasteiger partial charge in [0.2, 0.25) is 0 Å². The van der Waals surface area contributed by atoms with E-state index in [0.29, 0.717) is 13.0 Å². The molecule has 120 valence electrons. The first-order valence-corrected chi connectivity index (χ1v) is 10.4. The minimum absolute atomic E-state index is 0.228. The summed E-state index contributed by atoms with van der Waals surface area (Å²) in [6.07, 6.45) is 2.77. The first kappa shape index (κ1) is 19.8. The van der Waals surface area contributed by atoms with Gasteiger partial charge < -0.3 is 14.6 Å². The lowest BCUT2D eigenvalue weighted by Gasteiger charge is -2.35. The lowest BCUT2D eigenvalue weighted by atomic mass is 9.96. The van der Waals surface area contributed by atoms with Crippen molar-refractivity contribution >= 4 is 8.32 Å². The predicted octanol–water partition coefficient (Wildman–Crippen LogP) is 3.87. The largest absolute Gasteiger partial charge is 0.413 e. The van der Waals surface area contributed by atoms with Crippen LogP contribution in [0.4, 0.5) is 0 Å². The molecular weight excluding hydrogens is 268 g/mol. The Bertz CT molecular complexity index is 322. The van der Waals surface area contributed by atoms with Crippen LogP contribution in [0.3, 0.4) is 0 Å². The number of allylic oxidation sites excluding steroid dienone is 1. The molecule has 0 aliphatic heterocycles. The van der Waals surface area contributed by atoms with Crippen molar-refractivity contribution < 1.29 is 14.6 Å². The molecule has 4 heteroatoms. The maximum Gasteiger partial charge on any atom is 0.192 e. The molecule has 0 aliphatic carbocycles. The van der Waals surface area contributed by atoms with Crippen molar-refractivity contribution in [3.05, 3.63) is 11.6 Å². The van der Waals surface area contributed by atoms with E-state index < -0.39 is 20.0 Å². The van der Waals surface area contributed by atoms with E-state index in [1.807, 2.05) is 6.92 Å². The summed E-state index contributed by atoms with van der Waals surface area (Å²) in [5.74, 6) is 0. The molecule has 0 rings (SSSR count). The molecule has 0 saturated carbocycles. The molecule has 0 aromatic rings. The molecule has 0 heterocycles. The van der Waals surface area contributed by atoms with Crippen molar-refractivity contribution in [1.82, 2.24) is 0 Å². The molecule has 0 amide bonds. The standard InChI is InChI=1S/C16H34O3Si/c1-13(9-10-14(17)16(5,6)18)11-12-19-20(7,8)15(2,3)4/h11,14,17-18H,9-10,12H2,1-8H3/b13-11+. The molecule has 0 fully saturated rings. The van der Waals surface area contributed by atoms with Crippen LogP contribution in [0.25, 0.3) is 0 Å². The summed E-state index contributed by atoms with van der Waals surface area (Å²) in [6, 6.07) is 0. The first-order chi connectivity index (χ1) is 8.77. The molecule has 1 atom stereocenters. The van der Waals surface area contributed by atoms with Gasteiger partial charge in [-0.05, 0) is 51.7 Å². The van der Waals surface area contributed by atoms with Crippen LogP contribution in [0.5, 0.6) is 0 Å². The monoisotopic (exact) mass is 302 g/mol. The number of hydrogen-bond acceptors (Lipinski definition) is 3. The second-order valence-corrected chi connectivity index (χ2v) is 12.6. The van der Waals surface area contributed by atoms with Gasteiger partial charge in [-0.15, -0.1) is 0 Å². The zero-order chi connectivity index (χ0) is 16.2. The highest BCUT2D eigenvalue weighted by molar-refractivity contribution is 6.74. The summed E-state index contributed by atoms with van der Waals surface area (Å²) >= 11 is 0. The van der Waals surface area contributed by atoms with Crippen molar-refractivity contribution in [2.75, 3.05) is 6.61 Å². The van der Waals surface area contributed by atoms with E-state index in [0.717, 1.165) is 6.42 Å². The minimum Gasteiger partial charge on any atom is -0.413 e. The van der Waals surface area contributed by atoms with E-state index in [2.05, 4.69) is 39.9 Å². The average Bonchev–Trinajstić information content (AvgIpc) is 2.22. The van der Waals surface area contributed by atoms with Crippen LogP contribution in [0.1, 0.15) is 54.4 Å². The molecule has 0 aliphatic rings. The fourth-order valence-corrected chi connectivity index (χ4v) is 2.36. The van der Waals surface area contributed by atoms with Gasteiger partial charge in [-0.1, -0.05) is 32.4 Å². The van der Waals surface area contributed by atoms with Gasteiger partial charge in [-0.2, -0.15) is 0 Å². The van der Waals surface area contributed by atoms with Crippen LogP contribution in [-0.2, 0) is 4.43 Å². The first-order valence-electron chi connectivity index (χ1n) is 7.47. The fourth-order valence-electron chi connectivity index (χ4n) is 1.43. The zero-order valence-corrected chi connectivity index (χ0v) is 15.6. The Morgan fingerprint density at radius 2 is 1.70 bits per heavy atom. The number of aliphatic hydroxyl groups is 2. The quantitative estimate of drug-likeness (QED) is 0.554.